The summed E-state index contributed by atoms with van der Waals surface area (Å²) in [5.41, 5.74) is 8.68. The largest absolute Gasteiger partial charge is 0.287 e. The van der Waals surface area contributed by atoms with Crippen LogP contribution in [0.5, 0.6) is 0 Å². The van der Waals surface area contributed by atoms with Gasteiger partial charge in [-0.05, 0) is 35.3 Å². The molecule has 5 heteroatoms. The molecule has 0 saturated carbocycles. The number of rotatable bonds is 1. The maximum atomic E-state index is 12.7. The topological polar surface area (TPSA) is 65.8 Å². The number of azide groups is 1. The number of hydrogen-bond donors (Lipinski definition) is 0. The molecule has 0 unspecified atom stereocenters. The summed E-state index contributed by atoms with van der Waals surface area (Å²) in [5, 5.41) is 2.87. The fourth-order valence-corrected chi connectivity index (χ4v) is 0.919. The molecule has 0 radical (unpaired) electrons. The number of carbonyl (C=O) groups is 1. The summed E-state index contributed by atoms with van der Waals surface area (Å²) in [6, 6.07) is 3.74. The fourth-order valence-electron chi connectivity index (χ4n) is 0.919. The van der Waals surface area contributed by atoms with Gasteiger partial charge in [0.2, 0.25) is 5.91 Å². The lowest BCUT2D eigenvalue weighted by Gasteiger charge is -1.99. The number of aryl methyl sites for hydroxylation is 1. The van der Waals surface area contributed by atoms with E-state index in [1.54, 1.807) is 6.92 Å². The highest BCUT2D eigenvalue weighted by atomic mass is 19.1. The summed E-state index contributed by atoms with van der Waals surface area (Å²) in [5.74, 6) is -1.29. The molecular weight excluding hydrogens is 173 g/mol. The highest BCUT2D eigenvalue weighted by Gasteiger charge is 2.07. The Morgan fingerprint density at radius 2 is 2.31 bits per heavy atom. The van der Waals surface area contributed by atoms with Crippen molar-refractivity contribution in [3.63, 3.8) is 0 Å². The molecule has 1 amide bonds. The van der Waals surface area contributed by atoms with Gasteiger partial charge in [-0.25, -0.2) is 4.39 Å². The van der Waals surface area contributed by atoms with Crippen LogP contribution in [0.15, 0.2) is 23.3 Å². The Morgan fingerprint density at radius 3 is 2.92 bits per heavy atom. The van der Waals surface area contributed by atoms with Crippen molar-refractivity contribution in [2.45, 2.75) is 6.92 Å². The molecule has 1 aromatic rings. The lowest BCUT2D eigenvalue weighted by atomic mass is 10.1. The van der Waals surface area contributed by atoms with Gasteiger partial charge in [0.25, 0.3) is 0 Å². The highest BCUT2D eigenvalue weighted by molar-refractivity contribution is 5.96. The van der Waals surface area contributed by atoms with E-state index in [0.717, 1.165) is 6.07 Å². The lowest BCUT2D eigenvalue weighted by Crippen LogP contribution is -1.97. The molecule has 0 aromatic heterocycles. The molecule has 0 bridgehead atoms. The lowest BCUT2D eigenvalue weighted by molar-refractivity contribution is 0.0999. The molecule has 4 nitrogen and oxygen atoms in total. The predicted molar refractivity (Wildman–Crippen MR) is 44.6 cm³/mol. The zero-order valence-electron chi connectivity index (χ0n) is 6.86. The molecule has 0 fully saturated rings. The fraction of sp³-hybridized carbons (Fsp3) is 0.125. The summed E-state index contributed by atoms with van der Waals surface area (Å²) in [7, 11) is 0. The molecule has 1 aromatic carbocycles. The summed E-state index contributed by atoms with van der Waals surface area (Å²) in [6.45, 7) is 1.64. The van der Waals surface area contributed by atoms with Crippen molar-refractivity contribution in [1.29, 1.82) is 0 Å². The molecule has 0 heterocycles. The first kappa shape index (κ1) is 9.22. The zero-order chi connectivity index (χ0) is 9.84. The summed E-state index contributed by atoms with van der Waals surface area (Å²) in [4.78, 5) is 13.4. The minimum absolute atomic E-state index is 0.0952. The first-order valence-electron chi connectivity index (χ1n) is 3.50. The zero-order valence-corrected chi connectivity index (χ0v) is 6.86. The van der Waals surface area contributed by atoms with Crippen LogP contribution in [0.1, 0.15) is 15.9 Å². The monoisotopic (exact) mass is 179 g/mol. The predicted octanol–water partition coefficient (Wildman–Crippen LogP) is 2.58. The second-order valence-corrected chi connectivity index (χ2v) is 2.45. The van der Waals surface area contributed by atoms with Crippen molar-refractivity contribution in [3.05, 3.63) is 45.6 Å². The van der Waals surface area contributed by atoms with Crippen LogP contribution in [-0.2, 0) is 0 Å². The molecule has 0 spiro atoms. The molecule has 13 heavy (non-hydrogen) atoms. The van der Waals surface area contributed by atoms with Gasteiger partial charge in [-0.2, -0.15) is 0 Å². The van der Waals surface area contributed by atoms with Crippen molar-refractivity contribution in [3.8, 4) is 0 Å². The van der Waals surface area contributed by atoms with E-state index < -0.39 is 11.7 Å². The number of amides is 1. The molecule has 0 N–H and O–H groups in total. The molecule has 0 aliphatic heterocycles. The minimum Gasteiger partial charge on any atom is -0.287 e. The number of carbonyl (C=O) groups excluding carboxylic acids is 1. The molecule has 0 atom stereocenters. The summed E-state index contributed by atoms with van der Waals surface area (Å²) < 4.78 is 12.7. The number of benzene rings is 1. The first-order valence-corrected chi connectivity index (χ1v) is 3.50. The van der Waals surface area contributed by atoms with Crippen LogP contribution in [0, 0.1) is 12.7 Å². The summed E-state index contributed by atoms with van der Waals surface area (Å²) in [6.07, 6.45) is 0. The highest BCUT2D eigenvalue weighted by Crippen LogP contribution is 2.11. The van der Waals surface area contributed by atoms with E-state index in [1.165, 1.54) is 12.1 Å². The Kier molecular flexibility index (Phi) is 2.62. The van der Waals surface area contributed by atoms with Crippen LogP contribution >= 0.6 is 0 Å². The van der Waals surface area contributed by atoms with E-state index in [9.17, 15) is 9.18 Å². The second-order valence-electron chi connectivity index (χ2n) is 2.45. The van der Waals surface area contributed by atoms with Crippen molar-refractivity contribution in [2.75, 3.05) is 0 Å². The number of hydrogen-bond acceptors (Lipinski definition) is 1. The van der Waals surface area contributed by atoms with Crippen molar-refractivity contribution < 1.29 is 9.18 Å². The van der Waals surface area contributed by atoms with Gasteiger partial charge >= 0.3 is 0 Å². The third-order valence-corrected chi connectivity index (χ3v) is 1.57. The Labute approximate surface area is 73.6 Å². The van der Waals surface area contributed by atoms with E-state index in [4.69, 9.17) is 5.53 Å². The SMILES string of the molecule is Cc1ccc(F)cc1C(=O)N=[N+]=[N-]. The Balaban J connectivity index is 3.20. The van der Waals surface area contributed by atoms with Gasteiger partial charge in [0.05, 0.1) is 0 Å². The van der Waals surface area contributed by atoms with Crippen molar-refractivity contribution >= 4 is 5.91 Å². The number of halogens is 1. The van der Waals surface area contributed by atoms with E-state index in [1.807, 2.05) is 0 Å². The van der Waals surface area contributed by atoms with Crippen LogP contribution in [0.2, 0.25) is 0 Å². The van der Waals surface area contributed by atoms with E-state index in [-0.39, 0.29) is 5.56 Å². The number of nitrogens with zero attached hydrogens (tertiary/aromatic N) is 3. The van der Waals surface area contributed by atoms with Crippen LogP contribution in [-0.4, -0.2) is 5.91 Å². The molecule has 66 valence electrons. The van der Waals surface area contributed by atoms with Crippen LogP contribution in [0.3, 0.4) is 0 Å². The standard InChI is InChI=1S/C8H6FN3O/c1-5-2-3-6(9)4-7(5)8(13)11-12-10/h2-4H,1H3. The molecule has 1 rings (SSSR count). The normalized spacial score (nSPS) is 9.08. The van der Waals surface area contributed by atoms with Gasteiger partial charge in [0.1, 0.15) is 5.82 Å². The van der Waals surface area contributed by atoms with Gasteiger partial charge in [-0.1, -0.05) is 6.07 Å². The van der Waals surface area contributed by atoms with E-state index >= 15 is 0 Å². The smallest absolute Gasteiger partial charge is 0.249 e. The first-order chi connectivity index (χ1) is 6.15. The summed E-state index contributed by atoms with van der Waals surface area (Å²) >= 11 is 0. The van der Waals surface area contributed by atoms with Gasteiger partial charge in [-0.15, -0.1) is 0 Å². The maximum Gasteiger partial charge on any atom is 0.249 e. The molecule has 0 aliphatic rings. The third kappa shape index (κ3) is 2.04. The van der Waals surface area contributed by atoms with Gasteiger partial charge in [0.15, 0.2) is 0 Å². The molecule has 0 aliphatic carbocycles. The molecule has 0 saturated heterocycles. The average molecular weight is 179 g/mol. The van der Waals surface area contributed by atoms with Crippen molar-refractivity contribution in [1.82, 2.24) is 0 Å². The molecular formula is C8H6FN3O. The van der Waals surface area contributed by atoms with Crippen LogP contribution in [0.25, 0.3) is 10.4 Å². The minimum atomic E-state index is -0.764. The Bertz CT molecular complexity index is 396. The van der Waals surface area contributed by atoms with Gasteiger partial charge in [0, 0.05) is 10.5 Å². The van der Waals surface area contributed by atoms with Gasteiger partial charge < -0.3 is 0 Å². The van der Waals surface area contributed by atoms with Gasteiger partial charge in [-0.3, -0.25) is 4.79 Å². The average Bonchev–Trinajstić information content (AvgIpc) is 2.09. The second kappa shape index (κ2) is 3.69. The van der Waals surface area contributed by atoms with Crippen LogP contribution in [0.4, 0.5) is 4.39 Å². The van der Waals surface area contributed by atoms with E-state index in [2.05, 4.69) is 10.0 Å². The van der Waals surface area contributed by atoms with E-state index in [0.29, 0.717) is 5.56 Å². The van der Waals surface area contributed by atoms with Crippen molar-refractivity contribution in [2.24, 2.45) is 5.11 Å². The quantitative estimate of drug-likeness (QED) is 0.371. The Hall–Kier alpha value is -1.87. The van der Waals surface area contributed by atoms with Crippen LogP contribution < -0.4 is 0 Å². The Morgan fingerprint density at radius 1 is 1.62 bits per heavy atom. The maximum absolute atomic E-state index is 12.7. The third-order valence-electron chi connectivity index (χ3n) is 1.57.